The smallest absolute Gasteiger partial charge is 0.128 e. The molecule has 0 heterocycles. The first-order valence-corrected chi connectivity index (χ1v) is 3.75. The Hall–Kier alpha value is -1.44. The molecule has 0 fully saturated rings. The van der Waals surface area contributed by atoms with E-state index in [9.17, 15) is 4.39 Å². The second kappa shape index (κ2) is 3.99. The Morgan fingerprint density at radius 2 is 2.31 bits per heavy atom. The first-order valence-electron chi connectivity index (χ1n) is 3.75. The van der Waals surface area contributed by atoms with Crippen LogP contribution in [0.4, 0.5) is 4.39 Å². The van der Waals surface area contributed by atoms with Crippen molar-refractivity contribution in [2.75, 3.05) is 6.61 Å². The predicted octanol–water partition coefficient (Wildman–Crippen LogP) is 0.689. The van der Waals surface area contributed by atoms with E-state index in [1.165, 1.54) is 18.2 Å². The number of aliphatic hydroxyl groups excluding tert-OH is 1. The highest BCUT2D eigenvalue weighted by molar-refractivity contribution is 5.35. The summed E-state index contributed by atoms with van der Waals surface area (Å²) in [6.07, 6.45) is 0. The number of hydrogen-bond acceptors (Lipinski definition) is 3. The van der Waals surface area contributed by atoms with E-state index in [-0.39, 0.29) is 12.2 Å². The molecule has 3 N–H and O–H groups in total. The van der Waals surface area contributed by atoms with Gasteiger partial charge in [-0.2, -0.15) is 5.26 Å². The molecule has 0 aromatic heterocycles. The highest BCUT2D eigenvalue weighted by Crippen LogP contribution is 2.16. The van der Waals surface area contributed by atoms with Crippen LogP contribution in [0.25, 0.3) is 0 Å². The Labute approximate surface area is 75.2 Å². The monoisotopic (exact) mass is 180 g/mol. The predicted molar refractivity (Wildman–Crippen MR) is 45.1 cm³/mol. The second-order valence-corrected chi connectivity index (χ2v) is 2.64. The fraction of sp³-hybridized carbons (Fsp3) is 0.222. The Balaban J connectivity index is 3.12. The van der Waals surface area contributed by atoms with E-state index < -0.39 is 11.9 Å². The van der Waals surface area contributed by atoms with Crippen LogP contribution in [0.1, 0.15) is 17.2 Å². The zero-order chi connectivity index (χ0) is 9.84. The summed E-state index contributed by atoms with van der Waals surface area (Å²) in [5.41, 5.74) is 5.92. The third kappa shape index (κ3) is 2.02. The standard InChI is InChI=1S/C9H9FN2O/c10-8-2-1-6(4-11)3-7(8)9(12)5-13/h1-3,9,13H,5,12H2. The molecule has 0 aliphatic carbocycles. The molecule has 0 saturated heterocycles. The van der Waals surface area contributed by atoms with Crippen molar-refractivity contribution in [3.63, 3.8) is 0 Å². The first kappa shape index (κ1) is 9.65. The molecule has 13 heavy (non-hydrogen) atoms. The average molecular weight is 180 g/mol. The number of rotatable bonds is 2. The molecule has 0 spiro atoms. The lowest BCUT2D eigenvalue weighted by atomic mass is 10.1. The summed E-state index contributed by atoms with van der Waals surface area (Å²) < 4.78 is 13.0. The van der Waals surface area contributed by atoms with E-state index in [4.69, 9.17) is 16.1 Å². The third-order valence-corrected chi connectivity index (χ3v) is 1.72. The van der Waals surface area contributed by atoms with Crippen LogP contribution in [0.15, 0.2) is 18.2 Å². The van der Waals surface area contributed by atoms with E-state index in [2.05, 4.69) is 0 Å². The molecule has 0 saturated carbocycles. The first-order chi connectivity index (χ1) is 6.19. The lowest BCUT2D eigenvalue weighted by Gasteiger charge is -2.09. The number of nitrogens with two attached hydrogens (primary N) is 1. The number of halogens is 1. The molecule has 1 rings (SSSR count). The van der Waals surface area contributed by atoms with Crippen LogP contribution >= 0.6 is 0 Å². The van der Waals surface area contributed by atoms with Gasteiger partial charge in [-0.1, -0.05) is 0 Å². The van der Waals surface area contributed by atoms with E-state index in [1.54, 1.807) is 0 Å². The van der Waals surface area contributed by atoms with Gasteiger partial charge >= 0.3 is 0 Å². The molecule has 1 aromatic rings. The molecule has 1 atom stereocenters. The minimum Gasteiger partial charge on any atom is -0.394 e. The molecule has 4 heteroatoms. The van der Waals surface area contributed by atoms with Crippen molar-refractivity contribution in [2.24, 2.45) is 5.73 Å². The third-order valence-electron chi connectivity index (χ3n) is 1.72. The number of hydrogen-bond donors (Lipinski definition) is 2. The van der Waals surface area contributed by atoms with E-state index >= 15 is 0 Å². The molecule has 0 bridgehead atoms. The van der Waals surface area contributed by atoms with Crippen molar-refractivity contribution in [2.45, 2.75) is 6.04 Å². The summed E-state index contributed by atoms with van der Waals surface area (Å²) in [6, 6.07) is 4.98. The maximum atomic E-state index is 13.0. The van der Waals surface area contributed by atoms with Crippen LogP contribution in [-0.4, -0.2) is 11.7 Å². The molecular weight excluding hydrogens is 171 g/mol. The number of nitrogens with zero attached hydrogens (tertiary/aromatic N) is 1. The van der Waals surface area contributed by atoms with Crippen molar-refractivity contribution in [1.82, 2.24) is 0 Å². The average Bonchev–Trinajstić information content (AvgIpc) is 2.17. The summed E-state index contributed by atoms with van der Waals surface area (Å²) in [5, 5.41) is 17.2. The lowest BCUT2D eigenvalue weighted by molar-refractivity contribution is 0.265. The highest BCUT2D eigenvalue weighted by atomic mass is 19.1. The van der Waals surface area contributed by atoms with Crippen molar-refractivity contribution >= 4 is 0 Å². The minimum absolute atomic E-state index is 0.168. The van der Waals surface area contributed by atoms with Crippen molar-refractivity contribution in [3.05, 3.63) is 35.1 Å². The Bertz CT molecular complexity index is 346. The van der Waals surface area contributed by atoms with Crippen LogP contribution < -0.4 is 5.73 Å². The highest BCUT2D eigenvalue weighted by Gasteiger charge is 2.10. The van der Waals surface area contributed by atoms with Gasteiger partial charge in [0.05, 0.1) is 24.3 Å². The van der Waals surface area contributed by atoms with Crippen LogP contribution in [0.2, 0.25) is 0 Å². The molecule has 68 valence electrons. The van der Waals surface area contributed by atoms with E-state index in [0.29, 0.717) is 5.56 Å². The van der Waals surface area contributed by atoms with Gasteiger partial charge in [-0.25, -0.2) is 4.39 Å². The van der Waals surface area contributed by atoms with Crippen molar-refractivity contribution in [3.8, 4) is 6.07 Å². The SMILES string of the molecule is N#Cc1ccc(F)c(C(N)CO)c1. The number of aliphatic hydroxyl groups is 1. The fourth-order valence-corrected chi connectivity index (χ4v) is 0.996. The lowest BCUT2D eigenvalue weighted by Crippen LogP contribution is -2.16. The largest absolute Gasteiger partial charge is 0.394 e. The molecule has 0 amide bonds. The van der Waals surface area contributed by atoms with Gasteiger partial charge in [-0.05, 0) is 18.2 Å². The normalized spacial score (nSPS) is 12.2. The minimum atomic E-state index is -0.770. The van der Waals surface area contributed by atoms with Gasteiger partial charge in [0.2, 0.25) is 0 Å². The van der Waals surface area contributed by atoms with Crippen molar-refractivity contribution in [1.29, 1.82) is 5.26 Å². The van der Waals surface area contributed by atoms with Gasteiger partial charge < -0.3 is 10.8 Å². The molecule has 1 aromatic carbocycles. The summed E-state index contributed by atoms with van der Waals surface area (Å²) in [5.74, 6) is -0.499. The molecule has 1 unspecified atom stereocenters. The van der Waals surface area contributed by atoms with Gasteiger partial charge in [0.15, 0.2) is 0 Å². The van der Waals surface area contributed by atoms with Gasteiger partial charge in [0, 0.05) is 5.56 Å². The molecule has 3 nitrogen and oxygen atoms in total. The molecule has 0 aliphatic rings. The van der Waals surface area contributed by atoms with Crippen LogP contribution in [0, 0.1) is 17.1 Å². The Morgan fingerprint density at radius 3 is 2.85 bits per heavy atom. The van der Waals surface area contributed by atoms with Crippen molar-refractivity contribution < 1.29 is 9.50 Å². The summed E-state index contributed by atoms with van der Waals surface area (Å²) in [7, 11) is 0. The molecular formula is C9H9FN2O. The van der Waals surface area contributed by atoms with Crippen LogP contribution in [-0.2, 0) is 0 Å². The second-order valence-electron chi connectivity index (χ2n) is 2.64. The van der Waals surface area contributed by atoms with Crippen LogP contribution in [0.3, 0.4) is 0 Å². The maximum Gasteiger partial charge on any atom is 0.128 e. The fourth-order valence-electron chi connectivity index (χ4n) is 0.996. The number of nitriles is 1. The Morgan fingerprint density at radius 1 is 1.62 bits per heavy atom. The summed E-state index contributed by atoms with van der Waals surface area (Å²) in [6.45, 7) is -0.341. The maximum absolute atomic E-state index is 13.0. The Kier molecular flexibility index (Phi) is 2.96. The van der Waals surface area contributed by atoms with Gasteiger partial charge in [0.25, 0.3) is 0 Å². The molecule has 0 radical (unpaired) electrons. The topological polar surface area (TPSA) is 70.0 Å². The molecule has 0 aliphatic heterocycles. The van der Waals surface area contributed by atoms with E-state index in [0.717, 1.165) is 0 Å². The van der Waals surface area contributed by atoms with Crippen LogP contribution in [0.5, 0.6) is 0 Å². The van der Waals surface area contributed by atoms with Gasteiger partial charge in [0.1, 0.15) is 5.82 Å². The summed E-state index contributed by atoms with van der Waals surface area (Å²) in [4.78, 5) is 0. The number of benzene rings is 1. The zero-order valence-corrected chi connectivity index (χ0v) is 6.87. The van der Waals surface area contributed by atoms with E-state index in [1.807, 2.05) is 6.07 Å². The summed E-state index contributed by atoms with van der Waals surface area (Å²) >= 11 is 0. The van der Waals surface area contributed by atoms with Gasteiger partial charge in [-0.3, -0.25) is 0 Å². The quantitative estimate of drug-likeness (QED) is 0.703. The zero-order valence-electron chi connectivity index (χ0n) is 6.87. The van der Waals surface area contributed by atoms with Gasteiger partial charge in [-0.15, -0.1) is 0 Å².